The Balaban J connectivity index is 1.74. The Morgan fingerprint density at radius 3 is 2.64 bits per heavy atom. The Bertz CT molecular complexity index is 713. The molecule has 7 heteroatoms. The van der Waals surface area contributed by atoms with Gasteiger partial charge in [0, 0.05) is 43.2 Å². The number of benzene rings is 1. The Morgan fingerprint density at radius 2 is 1.92 bits per heavy atom. The van der Waals surface area contributed by atoms with Crippen molar-refractivity contribution in [2.45, 2.75) is 26.9 Å². The average molecular weight is 379 g/mol. The largest absolute Gasteiger partial charge is 0.409 e. The van der Waals surface area contributed by atoms with Gasteiger partial charge in [-0.3, -0.25) is 4.90 Å². The number of nitrogens with zero attached hydrogens (tertiary/aromatic N) is 4. The van der Waals surface area contributed by atoms with Crippen LogP contribution in [0.25, 0.3) is 11.5 Å². The molecule has 0 N–H and O–H groups in total. The Hall–Kier alpha value is -1.31. The minimum absolute atomic E-state index is 0.444. The predicted octanol–water partition coefficient (Wildman–Crippen LogP) is 4.12. The summed E-state index contributed by atoms with van der Waals surface area (Å²) in [6.07, 6.45) is 1.22. The van der Waals surface area contributed by atoms with Gasteiger partial charge >= 0.3 is 0 Å². The zero-order valence-electron chi connectivity index (χ0n) is 15.0. The number of hydrogen-bond donors (Lipinski definition) is 0. The molecule has 3 rings (SSSR count). The molecule has 0 aliphatic carbocycles. The number of thioether (sulfide) groups is 1. The summed E-state index contributed by atoms with van der Waals surface area (Å²) in [7, 11) is 0. The maximum atomic E-state index is 5.75. The van der Waals surface area contributed by atoms with Gasteiger partial charge in [-0.15, -0.1) is 5.10 Å². The molecule has 5 nitrogen and oxygen atoms in total. The summed E-state index contributed by atoms with van der Waals surface area (Å²) in [4.78, 5) is 5.15. The van der Waals surface area contributed by atoms with Gasteiger partial charge in [0.1, 0.15) is 0 Å². The van der Waals surface area contributed by atoms with Crippen molar-refractivity contribution in [3.63, 3.8) is 0 Å². The molecule has 1 aromatic heterocycles. The van der Waals surface area contributed by atoms with E-state index in [9.17, 15) is 0 Å². The van der Waals surface area contributed by atoms with Gasteiger partial charge in [0.2, 0.25) is 5.89 Å². The van der Waals surface area contributed by atoms with Crippen molar-refractivity contribution in [2.24, 2.45) is 0 Å². The number of anilines is 1. The van der Waals surface area contributed by atoms with E-state index in [1.54, 1.807) is 4.68 Å². The summed E-state index contributed by atoms with van der Waals surface area (Å²) in [5.41, 5.74) is 2.18. The summed E-state index contributed by atoms with van der Waals surface area (Å²) in [6.45, 7) is 9.21. The van der Waals surface area contributed by atoms with Gasteiger partial charge < -0.3 is 9.32 Å². The van der Waals surface area contributed by atoms with Gasteiger partial charge in [0.05, 0.1) is 6.67 Å². The van der Waals surface area contributed by atoms with Gasteiger partial charge in [0.25, 0.3) is 4.84 Å². The summed E-state index contributed by atoms with van der Waals surface area (Å²) < 4.78 is 7.55. The Labute approximate surface area is 159 Å². The molecule has 1 saturated heterocycles. The van der Waals surface area contributed by atoms with Crippen molar-refractivity contribution in [1.29, 1.82) is 0 Å². The average Bonchev–Trinajstić information content (AvgIpc) is 2.83. The van der Waals surface area contributed by atoms with Crippen molar-refractivity contribution < 1.29 is 4.42 Å². The van der Waals surface area contributed by atoms with Crippen molar-refractivity contribution in [1.82, 2.24) is 14.7 Å². The zero-order valence-corrected chi connectivity index (χ0v) is 16.6. The first kappa shape index (κ1) is 18.5. The van der Waals surface area contributed by atoms with E-state index < -0.39 is 0 Å². The van der Waals surface area contributed by atoms with E-state index in [0.29, 0.717) is 17.4 Å². The highest BCUT2D eigenvalue weighted by atomic mass is 32.2. The van der Waals surface area contributed by atoms with E-state index in [-0.39, 0.29) is 0 Å². The fourth-order valence-corrected chi connectivity index (χ4v) is 4.15. The molecule has 0 radical (unpaired) electrons. The highest BCUT2D eigenvalue weighted by Gasteiger charge is 2.14. The second kappa shape index (κ2) is 8.87. The molecule has 0 amide bonds. The molecule has 2 heterocycles. The van der Waals surface area contributed by atoms with E-state index in [2.05, 4.69) is 53.0 Å². The monoisotopic (exact) mass is 378 g/mol. The first-order valence-electron chi connectivity index (χ1n) is 8.94. The summed E-state index contributed by atoms with van der Waals surface area (Å²) in [5.74, 6) is 3.01. The molecule has 136 valence electrons. The fraction of sp³-hybridized carbons (Fsp3) is 0.556. The lowest BCUT2D eigenvalue weighted by Gasteiger charge is -2.20. The third kappa shape index (κ3) is 4.65. The maximum absolute atomic E-state index is 5.75. The van der Waals surface area contributed by atoms with Crippen LogP contribution in [0.2, 0.25) is 0 Å². The van der Waals surface area contributed by atoms with Gasteiger partial charge in [-0.1, -0.05) is 0 Å². The quantitative estimate of drug-likeness (QED) is 0.704. The smallest absolute Gasteiger partial charge is 0.288 e. The predicted molar refractivity (Wildman–Crippen MR) is 108 cm³/mol. The summed E-state index contributed by atoms with van der Waals surface area (Å²) in [5, 5.41) is 4.60. The second-order valence-electron chi connectivity index (χ2n) is 6.12. The molecule has 0 saturated carbocycles. The third-order valence-corrected chi connectivity index (χ3v) is 5.84. The van der Waals surface area contributed by atoms with E-state index in [4.69, 9.17) is 16.6 Å². The fourth-order valence-electron chi connectivity index (χ4n) is 3.04. The van der Waals surface area contributed by atoms with E-state index in [1.807, 2.05) is 11.8 Å². The van der Waals surface area contributed by atoms with Crippen LogP contribution in [0.15, 0.2) is 28.7 Å². The molecular formula is C18H26N4OS2. The van der Waals surface area contributed by atoms with Crippen LogP contribution < -0.4 is 4.90 Å². The van der Waals surface area contributed by atoms with Crippen LogP contribution in [0.3, 0.4) is 0 Å². The molecule has 1 fully saturated rings. The van der Waals surface area contributed by atoms with Crippen LogP contribution in [0.1, 0.15) is 20.3 Å². The Kier molecular flexibility index (Phi) is 6.56. The lowest BCUT2D eigenvalue weighted by atomic mass is 10.2. The van der Waals surface area contributed by atoms with Crippen molar-refractivity contribution in [2.75, 3.05) is 42.6 Å². The molecule has 1 aliphatic rings. The summed E-state index contributed by atoms with van der Waals surface area (Å²) in [6, 6.07) is 8.35. The van der Waals surface area contributed by atoms with Crippen LogP contribution in [-0.2, 0) is 6.67 Å². The number of rotatable bonds is 6. The van der Waals surface area contributed by atoms with Crippen molar-refractivity contribution in [3.8, 4) is 11.5 Å². The molecule has 0 spiro atoms. The van der Waals surface area contributed by atoms with Gasteiger partial charge in [-0.2, -0.15) is 11.8 Å². The highest BCUT2D eigenvalue weighted by molar-refractivity contribution is 7.99. The molecule has 0 bridgehead atoms. The molecule has 0 atom stereocenters. The lowest BCUT2D eigenvalue weighted by molar-refractivity contribution is 0.218. The first-order chi connectivity index (χ1) is 12.2. The number of aromatic nitrogens is 2. The van der Waals surface area contributed by atoms with Gasteiger partial charge in [0.15, 0.2) is 0 Å². The van der Waals surface area contributed by atoms with Crippen LogP contribution in [0, 0.1) is 4.84 Å². The minimum Gasteiger partial charge on any atom is -0.409 e. The Morgan fingerprint density at radius 1 is 1.16 bits per heavy atom. The topological polar surface area (TPSA) is 37.4 Å². The molecular weight excluding hydrogens is 352 g/mol. The normalized spacial score (nSPS) is 15.9. The second-order valence-corrected chi connectivity index (χ2v) is 7.69. The molecule has 0 unspecified atom stereocenters. The molecule has 25 heavy (non-hydrogen) atoms. The highest BCUT2D eigenvalue weighted by Crippen LogP contribution is 2.22. The molecule has 2 aromatic rings. The first-order valence-corrected chi connectivity index (χ1v) is 10.5. The molecule has 1 aromatic carbocycles. The van der Waals surface area contributed by atoms with Gasteiger partial charge in [-0.25, -0.2) is 4.68 Å². The van der Waals surface area contributed by atoms with Crippen LogP contribution in [0.5, 0.6) is 0 Å². The van der Waals surface area contributed by atoms with Gasteiger partial charge in [-0.05, 0) is 62.5 Å². The molecule has 1 aliphatic heterocycles. The van der Waals surface area contributed by atoms with E-state index in [0.717, 1.165) is 31.7 Å². The maximum Gasteiger partial charge on any atom is 0.288 e. The van der Waals surface area contributed by atoms with Crippen LogP contribution >= 0.6 is 24.0 Å². The zero-order chi connectivity index (χ0) is 17.6. The summed E-state index contributed by atoms with van der Waals surface area (Å²) >= 11 is 7.39. The van der Waals surface area contributed by atoms with Crippen molar-refractivity contribution in [3.05, 3.63) is 29.1 Å². The minimum atomic E-state index is 0.444. The number of hydrogen-bond acceptors (Lipinski definition) is 6. The SMILES string of the molecule is CCN(CC)c1ccc(-c2nn(CN3CCCSCC3)c(=S)o2)cc1. The van der Waals surface area contributed by atoms with E-state index in [1.165, 1.54) is 23.6 Å². The lowest BCUT2D eigenvalue weighted by Crippen LogP contribution is -2.29. The van der Waals surface area contributed by atoms with E-state index >= 15 is 0 Å². The standard InChI is InChI=1S/C18H26N4OS2/c1-3-21(4-2)16-8-6-15(7-9-16)17-19-22(18(24)23-17)14-20-10-5-12-25-13-11-20/h6-9H,3-5,10-14H2,1-2H3. The third-order valence-electron chi connectivity index (χ3n) is 4.50. The van der Waals surface area contributed by atoms with Crippen LogP contribution in [-0.4, -0.2) is 52.4 Å². The van der Waals surface area contributed by atoms with Crippen LogP contribution in [0.4, 0.5) is 5.69 Å². The van der Waals surface area contributed by atoms with Crippen molar-refractivity contribution >= 4 is 29.7 Å².